The topological polar surface area (TPSA) is 9.86 Å². The van der Waals surface area contributed by atoms with Crippen molar-refractivity contribution in [2.75, 3.05) is 0 Å². The van der Waals surface area contributed by atoms with Crippen LogP contribution < -0.4 is 0 Å². The van der Waals surface area contributed by atoms with Gasteiger partial charge in [-0.05, 0) is 104 Å². The van der Waals surface area contributed by atoms with Crippen LogP contribution in [0, 0.1) is 13.8 Å². The lowest BCUT2D eigenvalue weighted by molar-refractivity contribution is 0.981. The first-order valence-electron chi connectivity index (χ1n) is 12.9. The van der Waals surface area contributed by atoms with E-state index in [9.17, 15) is 0 Å². The number of aromatic nitrogens is 2. The Morgan fingerprint density at radius 1 is 0.447 bits per heavy atom. The zero-order valence-electron chi connectivity index (χ0n) is 21.8. The van der Waals surface area contributed by atoms with Crippen LogP contribution in [0.15, 0.2) is 83.6 Å². The quantitative estimate of drug-likeness (QED) is 0.198. The molecule has 0 amide bonds. The lowest BCUT2D eigenvalue weighted by Gasteiger charge is -2.10. The van der Waals surface area contributed by atoms with Crippen LogP contribution >= 0.6 is 22.7 Å². The maximum absolute atomic E-state index is 2.37. The van der Waals surface area contributed by atoms with Crippen LogP contribution in [0.5, 0.6) is 0 Å². The normalized spacial score (nSPS) is 12.2. The maximum atomic E-state index is 2.37. The van der Waals surface area contributed by atoms with Crippen molar-refractivity contribution in [3.8, 4) is 21.1 Å². The predicted octanol–water partition coefficient (Wildman–Crippen LogP) is 10.2. The Hall–Kier alpha value is -3.86. The van der Waals surface area contributed by atoms with E-state index in [1.807, 2.05) is 22.7 Å². The highest BCUT2D eigenvalue weighted by Crippen LogP contribution is 2.41. The van der Waals surface area contributed by atoms with Crippen molar-refractivity contribution in [2.24, 2.45) is 14.1 Å². The summed E-state index contributed by atoms with van der Waals surface area (Å²) in [6, 6.07) is 27.9. The third kappa shape index (κ3) is 2.99. The van der Waals surface area contributed by atoms with E-state index in [-0.39, 0.29) is 0 Å². The predicted molar refractivity (Wildman–Crippen MR) is 168 cm³/mol. The van der Waals surface area contributed by atoms with Crippen LogP contribution in [0.25, 0.3) is 75.3 Å². The molecule has 0 atom stereocenters. The molecule has 0 aliphatic carbocycles. The highest BCUT2D eigenvalue weighted by molar-refractivity contribution is 7.14. The summed E-state index contributed by atoms with van der Waals surface area (Å²) in [4.78, 5) is 2.65. The average Bonchev–Trinajstić information content (AvgIpc) is 3.70. The number of benzene rings is 4. The first-order chi connectivity index (χ1) is 18.5. The highest BCUT2D eigenvalue weighted by Gasteiger charge is 2.16. The minimum Gasteiger partial charge on any atom is -0.343 e. The van der Waals surface area contributed by atoms with Gasteiger partial charge in [0.15, 0.2) is 0 Å². The van der Waals surface area contributed by atoms with Gasteiger partial charge < -0.3 is 9.13 Å². The van der Waals surface area contributed by atoms with Gasteiger partial charge in [-0.2, -0.15) is 0 Å². The maximum Gasteiger partial charge on any atom is 0.0590 e. The van der Waals surface area contributed by atoms with Crippen LogP contribution in [-0.4, -0.2) is 9.13 Å². The fourth-order valence-electron chi connectivity index (χ4n) is 6.28. The van der Waals surface area contributed by atoms with E-state index in [1.54, 1.807) is 0 Å². The molecule has 0 aliphatic heterocycles. The van der Waals surface area contributed by atoms with Crippen molar-refractivity contribution < 1.29 is 0 Å². The molecule has 8 aromatic rings. The lowest BCUT2D eigenvalue weighted by Crippen LogP contribution is -1.90. The molecule has 0 spiro atoms. The van der Waals surface area contributed by atoms with Crippen molar-refractivity contribution in [2.45, 2.75) is 13.8 Å². The summed E-state index contributed by atoms with van der Waals surface area (Å²) in [5, 5.41) is 15.0. The fraction of sp³-hybridized carbons (Fsp3) is 0.118. The average molecular weight is 527 g/mol. The molecule has 0 aliphatic rings. The summed E-state index contributed by atoms with van der Waals surface area (Å²) in [5.41, 5.74) is 7.77. The molecule has 0 radical (unpaired) electrons. The molecule has 0 unspecified atom stereocenters. The Kier molecular flexibility index (Phi) is 4.56. The molecule has 2 nitrogen and oxygen atoms in total. The van der Waals surface area contributed by atoms with Gasteiger partial charge in [0.1, 0.15) is 0 Å². The molecule has 8 rings (SSSR count). The number of nitrogens with zero attached hydrogens (tertiary/aromatic N) is 2. The zero-order chi connectivity index (χ0) is 25.7. The van der Waals surface area contributed by atoms with Gasteiger partial charge in [-0.1, -0.05) is 36.4 Å². The highest BCUT2D eigenvalue weighted by atomic mass is 32.1. The van der Waals surface area contributed by atoms with E-state index in [0.717, 1.165) is 0 Å². The molecule has 4 aromatic carbocycles. The first-order valence-corrected chi connectivity index (χ1v) is 14.7. The number of hydrogen-bond acceptors (Lipinski definition) is 2. The molecule has 184 valence electrons. The van der Waals surface area contributed by atoms with Gasteiger partial charge in [0.25, 0.3) is 0 Å². The van der Waals surface area contributed by atoms with Gasteiger partial charge in [-0.15, -0.1) is 22.7 Å². The van der Waals surface area contributed by atoms with Gasteiger partial charge in [0, 0.05) is 35.9 Å². The van der Waals surface area contributed by atoms with Crippen molar-refractivity contribution >= 4 is 76.8 Å². The van der Waals surface area contributed by atoms with Crippen molar-refractivity contribution in [3.05, 3.63) is 94.7 Å². The van der Waals surface area contributed by atoms with Crippen molar-refractivity contribution in [1.82, 2.24) is 9.13 Å². The lowest BCUT2D eigenvalue weighted by atomic mass is 9.94. The van der Waals surface area contributed by atoms with E-state index in [0.29, 0.717) is 0 Å². The molecule has 4 aromatic heterocycles. The molecule has 0 saturated heterocycles. The number of fused-ring (bicyclic) bond motifs is 9. The smallest absolute Gasteiger partial charge is 0.0590 e. The van der Waals surface area contributed by atoms with Gasteiger partial charge in [0.2, 0.25) is 0 Å². The van der Waals surface area contributed by atoms with E-state index in [1.165, 1.54) is 86.4 Å². The third-order valence-corrected chi connectivity index (χ3v) is 10.3. The van der Waals surface area contributed by atoms with Gasteiger partial charge in [-0.25, -0.2) is 0 Å². The standard InChI is InChI=1S/C34H26N2S2/c1-19-13-33(37-17-19)31-15-27-25-7-5-22-21(23(25)9-11-29(27)35(31)3)6-8-26-24(22)10-12-30-28(26)16-32(36(30)4)34-14-20(2)18-38-34/h5-18H,1-4H3. The minimum atomic E-state index is 1.28. The van der Waals surface area contributed by atoms with Gasteiger partial charge in [-0.3, -0.25) is 0 Å². The fourth-order valence-corrected chi connectivity index (χ4v) is 8.18. The van der Waals surface area contributed by atoms with Crippen LogP contribution in [0.4, 0.5) is 0 Å². The minimum absolute atomic E-state index is 1.28. The summed E-state index contributed by atoms with van der Waals surface area (Å²) in [5.74, 6) is 0. The van der Waals surface area contributed by atoms with E-state index >= 15 is 0 Å². The van der Waals surface area contributed by atoms with Crippen LogP contribution in [-0.2, 0) is 14.1 Å². The van der Waals surface area contributed by atoms with E-state index in [4.69, 9.17) is 0 Å². The Bertz CT molecular complexity index is 2070. The second-order valence-electron chi connectivity index (χ2n) is 10.6. The summed E-state index contributed by atoms with van der Waals surface area (Å²) in [6.07, 6.45) is 0. The van der Waals surface area contributed by atoms with Crippen LogP contribution in [0.2, 0.25) is 0 Å². The first kappa shape index (κ1) is 22.2. The Labute approximate surface area is 229 Å². The van der Waals surface area contributed by atoms with E-state index in [2.05, 4.69) is 121 Å². The molecule has 0 N–H and O–H groups in total. The molecule has 0 fully saturated rings. The molecule has 38 heavy (non-hydrogen) atoms. The van der Waals surface area contributed by atoms with Crippen LogP contribution in [0.1, 0.15) is 11.1 Å². The van der Waals surface area contributed by atoms with Crippen molar-refractivity contribution in [1.29, 1.82) is 0 Å². The zero-order valence-corrected chi connectivity index (χ0v) is 23.4. The summed E-state index contributed by atoms with van der Waals surface area (Å²) in [6.45, 7) is 4.34. The Morgan fingerprint density at radius 2 is 0.789 bits per heavy atom. The summed E-state index contributed by atoms with van der Waals surface area (Å²) in [7, 11) is 4.37. The second kappa shape index (κ2) is 7.83. The number of thiophene rings is 2. The number of aryl methyl sites for hydroxylation is 4. The number of rotatable bonds is 2. The molecule has 0 bridgehead atoms. The van der Waals surface area contributed by atoms with Crippen molar-refractivity contribution in [3.63, 3.8) is 0 Å². The molecular formula is C34H26N2S2. The molecular weight excluding hydrogens is 501 g/mol. The Balaban J connectivity index is 1.38. The largest absolute Gasteiger partial charge is 0.343 e. The van der Waals surface area contributed by atoms with Gasteiger partial charge >= 0.3 is 0 Å². The Morgan fingerprint density at radius 3 is 1.13 bits per heavy atom. The van der Waals surface area contributed by atoms with Gasteiger partial charge in [0.05, 0.1) is 21.1 Å². The molecule has 4 heterocycles. The monoisotopic (exact) mass is 526 g/mol. The number of hydrogen-bond donors (Lipinski definition) is 0. The summed E-state index contributed by atoms with van der Waals surface area (Å²) < 4.78 is 4.67. The SMILES string of the molecule is Cc1csc(-c2cc3c4ccc5c(ccc6c5ccc5c6cc(-c6cc(C)cs6)n5C)c4ccc3n2C)c1. The second-order valence-corrected chi connectivity index (χ2v) is 12.4. The summed E-state index contributed by atoms with van der Waals surface area (Å²) >= 11 is 3.65. The molecule has 4 heteroatoms. The molecule has 0 saturated carbocycles. The van der Waals surface area contributed by atoms with Crippen LogP contribution in [0.3, 0.4) is 0 Å². The van der Waals surface area contributed by atoms with E-state index < -0.39 is 0 Å². The third-order valence-electron chi connectivity index (χ3n) is 8.21.